The van der Waals surface area contributed by atoms with Gasteiger partial charge in [-0.3, -0.25) is 9.59 Å². The van der Waals surface area contributed by atoms with Crippen LogP contribution in [0.4, 0.5) is 10.8 Å². The van der Waals surface area contributed by atoms with E-state index in [2.05, 4.69) is 15.6 Å². The summed E-state index contributed by atoms with van der Waals surface area (Å²) in [6, 6.07) is 20.6. The lowest BCUT2D eigenvalue weighted by Gasteiger charge is -2.10. The molecular weight excluding hydrogens is 430 g/mol. The molecule has 7 heteroatoms. The predicted molar refractivity (Wildman–Crippen MR) is 127 cm³/mol. The summed E-state index contributed by atoms with van der Waals surface area (Å²) >= 11 is 7.55. The number of benzene rings is 3. The Bertz CT molecular complexity index is 1230. The Morgan fingerprint density at radius 1 is 1.00 bits per heavy atom. The fourth-order valence-corrected chi connectivity index (χ4v) is 4.37. The highest BCUT2D eigenvalue weighted by molar-refractivity contribution is 7.22. The minimum absolute atomic E-state index is 0.0879. The van der Waals surface area contributed by atoms with Crippen LogP contribution in [-0.2, 0) is 11.2 Å². The van der Waals surface area contributed by atoms with Gasteiger partial charge in [0.05, 0.1) is 20.9 Å². The monoisotopic (exact) mass is 449 g/mol. The number of hydrogen-bond acceptors (Lipinski definition) is 4. The number of fused-ring (bicyclic) bond motifs is 1. The molecule has 4 aromatic rings. The molecule has 0 aliphatic heterocycles. The molecule has 4 rings (SSSR count). The Morgan fingerprint density at radius 2 is 1.81 bits per heavy atom. The zero-order chi connectivity index (χ0) is 21.8. The van der Waals surface area contributed by atoms with Gasteiger partial charge in [0.1, 0.15) is 0 Å². The highest BCUT2D eigenvalue weighted by Crippen LogP contribution is 2.29. The van der Waals surface area contributed by atoms with E-state index in [-0.39, 0.29) is 11.8 Å². The van der Waals surface area contributed by atoms with E-state index in [1.165, 1.54) is 11.3 Å². The molecule has 0 spiro atoms. The smallest absolute Gasteiger partial charge is 0.255 e. The molecule has 31 heavy (non-hydrogen) atoms. The summed E-state index contributed by atoms with van der Waals surface area (Å²) < 4.78 is 0.821. The number of thiazole rings is 1. The van der Waals surface area contributed by atoms with Gasteiger partial charge in [0.15, 0.2) is 5.13 Å². The standard InChI is InChI=1S/C24H20ClN3O2S/c1-15-6-5-9-18(25)22(15)28-23(30)17-11-12-19-20(14-17)31-24(26-19)27-21(29)13-10-16-7-3-2-4-8-16/h2-9,11-12,14H,10,13H2,1H3,(H,28,30)(H,26,27,29). The van der Waals surface area contributed by atoms with Crippen LogP contribution in [0.25, 0.3) is 10.2 Å². The fourth-order valence-electron chi connectivity index (χ4n) is 3.18. The van der Waals surface area contributed by atoms with Gasteiger partial charge in [0, 0.05) is 12.0 Å². The Morgan fingerprint density at radius 3 is 2.58 bits per heavy atom. The fraction of sp³-hybridized carbons (Fsp3) is 0.125. The van der Waals surface area contributed by atoms with Crippen LogP contribution >= 0.6 is 22.9 Å². The molecule has 0 radical (unpaired) electrons. The molecule has 0 saturated heterocycles. The summed E-state index contributed by atoms with van der Waals surface area (Å²) in [5, 5.41) is 6.74. The van der Waals surface area contributed by atoms with Crippen molar-refractivity contribution in [3.05, 3.63) is 88.4 Å². The average Bonchev–Trinajstić information content (AvgIpc) is 3.17. The number of carbonyl (C=O) groups excluding carboxylic acids is 2. The van der Waals surface area contributed by atoms with Crippen molar-refractivity contribution in [2.45, 2.75) is 19.8 Å². The topological polar surface area (TPSA) is 71.1 Å². The second-order valence-corrected chi connectivity index (χ2v) is 8.56. The predicted octanol–water partition coefficient (Wildman–Crippen LogP) is 6.08. The van der Waals surface area contributed by atoms with E-state index in [0.717, 1.165) is 21.3 Å². The van der Waals surface area contributed by atoms with E-state index in [1.807, 2.05) is 49.4 Å². The highest BCUT2D eigenvalue weighted by atomic mass is 35.5. The van der Waals surface area contributed by atoms with Crippen molar-refractivity contribution in [1.82, 2.24) is 4.98 Å². The molecule has 0 unspecified atom stereocenters. The van der Waals surface area contributed by atoms with Gasteiger partial charge in [-0.25, -0.2) is 4.98 Å². The number of amides is 2. The maximum Gasteiger partial charge on any atom is 0.255 e. The van der Waals surface area contributed by atoms with E-state index >= 15 is 0 Å². The van der Waals surface area contributed by atoms with Gasteiger partial charge >= 0.3 is 0 Å². The van der Waals surface area contributed by atoms with Gasteiger partial charge in [0.25, 0.3) is 5.91 Å². The van der Waals surface area contributed by atoms with Crippen molar-refractivity contribution in [2.75, 3.05) is 10.6 Å². The van der Waals surface area contributed by atoms with Gasteiger partial charge in [-0.2, -0.15) is 0 Å². The molecule has 2 N–H and O–H groups in total. The van der Waals surface area contributed by atoms with Crippen LogP contribution in [0.15, 0.2) is 66.7 Å². The Balaban J connectivity index is 1.44. The molecule has 0 bridgehead atoms. The normalized spacial score (nSPS) is 10.8. The van der Waals surface area contributed by atoms with E-state index in [1.54, 1.807) is 24.3 Å². The maximum absolute atomic E-state index is 12.7. The number of nitrogens with one attached hydrogen (secondary N) is 2. The summed E-state index contributed by atoms with van der Waals surface area (Å²) in [4.78, 5) is 29.4. The minimum Gasteiger partial charge on any atom is -0.320 e. The quantitative estimate of drug-likeness (QED) is 0.374. The van der Waals surface area contributed by atoms with Crippen molar-refractivity contribution in [2.24, 2.45) is 0 Å². The molecule has 156 valence electrons. The Hall–Kier alpha value is -3.22. The van der Waals surface area contributed by atoms with Crippen LogP contribution in [0.5, 0.6) is 0 Å². The number of rotatable bonds is 6. The molecule has 5 nitrogen and oxygen atoms in total. The summed E-state index contributed by atoms with van der Waals surface area (Å²) in [5.74, 6) is -0.338. The summed E-state index contributed by atoms with van der Waals surface area (Å²) in [7, 11) is 0. The van der Waals surface area contributed by atoms with Crippen molar-refractivity contribution < 1.29 is 9.59 Å². The third-order valence-corrected chi connectivity index (χ3v) is 6.09. The van der Waals surface area contributed by atoms with Crippen molar-refractivity contribution in [3.63, 3.8) is 0 Å². The van der Waals surface area contributed by atoms with Crippen LogP contribution in [0.3, 0.4) is 0 Å². The first-order valence-corrected chi connectivity index (χ1v) is 11.0. The second-order valence-electron chi connectivity index (χ2n) is 7.12. The van der Waals surface area contributed by atoms with Gasteiger partial charge in [-0.15, -0.1) is 0 Å². The molecular formula is C24H20ClN3O2S. The summed E-state index contributed by atoms with van der Waals surface area (Å²) in [5.41, 5.74) is 3.84. The number of nitrogens with zero attached hydrogens (tertiary/aromatic N) is 1. The highest BCUT2D eigenvalue weighted by Gasteiger charge is 2.13. The maximum atomic E-state index is 12.7. The molecule has 1 heterocycles. The second kappa shape index (κ2) is 9.29. The van der Waals surface area contributed by atoms with Crippen LogP contribution in [0.1, 0.15) is 27.9 Å². The van der Waals surface area contributed by atoms with Crippen LogP contribution in [-0.4, -0.2) is 16.8 Å². The summed E-state index contributed by atoms with van der Waals surface area (Å²) in [6.45, 7) is 1.89. The first-order chi connectivity index (χ1) is 15.0. The molecule has 0 saturated carbocycles. The first-order valence-electron chi connectivity index (χ1n) is 9.80. The van der Waals surface area contributed by atoms with Gasteiger partial charge < -0.3 is 10.6 Å². The minimum atomic E-state index is -0.250. The summed E-state index contributed by atoms with van der Waals surface area (Å²) in [6.07, 6.45) is 1.05. The van der Waals surface area contributed by atoms with Gasteiger partial charge in [0.2, 0.25) is 5.91 Å². The number of carbonyl (C=O) groups is 2. The van der Waals surface area contributed by atoms with Crippen LogP contribution < -0.4 is 10.6 Å². The number of aromatic nitrogens is 1. The molecule has 0 aliphatic rings. The van der Waals surface area contributed by atoms with Crippen LogP contribution in [0, 0.1) is 6.92 Å². The molecule has 0 aliphatic carbocycles. The zero-order valence-corrected chi connectivity index (χ0v) is 18.4. The molecule has 0 atom stereocenters. The number of aryl methyl sites for hydroxylation is 2. The Labute approximate surface area is 189 Å². The lowest BCUT2D eigenvalue weighted by molar-refractivity contribution is -0.116. The van der Waals surface area contributed by atoms with E-state index in [0.29, 0.717) is 34.2 Å². The van der Waals surface area contributed by atoms with E-state index < -0.39 is 0 Å². The molecule has 2 amide bonds. The van der Waals surface area contributed by atoms with Gasteiger partial charge in [-0.1, -0.05) is 65.4 Å². The van der Waals surface area contributed by atoms with E-state index in [4.69, 9.17) is 11.6 Å². The van der Waals surface area contributed by atoms with Crippen molar-refractivity contribution >= 4 is 55.8 Å². The average molecular weight is 450 g/mol. The number of hydrogen-bond donors (Lipinski definition) is 2. The number of halogens is 1. The SMILES string of the molecule is Cc1cccc(Cl)c1NC(=O)c1ccc2nc(NC(=O)CCc3ccccc3)sc2c1. The Kier molecular flexibility index (Phi) is 6.30. The van der Waals surface area contributed by atoms with Gasteiger partial charge in [-0.05, 0) is 48.7 Å². The molecule has 1 aromatic heterocycles. The van der Waals surface area contributed by atoms with E-state index in [9.17, 15) is 9.59 Å². The molecule has 0 fully saturated rings. The zero-order valence-electron chi connectivity index (χ0n) is 16.8. The first kappa shape index (κ1) is 21.0. The largest absolute Gasteiger partial charge is 0.320 e. The number of anilines is 2. The van der Waals surface area contributed by atoms with Crippen LogP contribution in [0.2, 0.25) is 5.02 Å². The third kappa shape index (κ3) is 5.10. The lowest BCUT2D eigenvalue weighted by Crippen LogP contribution is -2.13. The third-order valence-electron chi connectivity index (χ3n) is 4.84. The molecule has 3 aromatic carbocycles. The lowest BCUT2D eigenvalue weighted by atomic mass is 10.1. The van der Waals surface area contributed by atoms with Crippen molar-refractivity contribution in [1.29, 1.82) is 0 Å². The number of para-hydroxylation sites is 1. The van der Waals surface area contributed by atoms with Crippen molar-refractivity contribution in [3.8, 4) is 0 Å².